The first kappa shape index (κ1) is 14.5. The van der Waals surface area contributed by atoms with E-state index in [1.807, 2.05) is 36.4 Å². The fraction of sp³-hybridized carbons (Fsp3) is 0. The summed E-state index contributed by atoms with van der Waals surface area (Å²) in [5, 5.41) is 2.14. The lowest BCUT2D eigenvalue weighted by molar-refractivity contribution is 1.67. The lowest BCUT2D eigenvalue weighted by Crippen LogP contribution is -1.90. The van der Waals surface area contributed by atoms with E-state index in [2.05, 4.69) is 33.1 Å². The topological polar surface area (TPSA) is 24.7 Å². The minimum Gasteiger partial charge on any atom is -0.203 e. The van der Waals surface area contributed by atoms with Crippen molar-refractivity contribution in [2.24, 2.45) is 8.80 Å². The number of nitrogens with zero attached hydrogens (tertiary/aromatic N) is 2. The van der Waals surface area contributed by atoms with Gasteiger partial charge in [0.05, 0.1) is 8.47 Å². The summed E-state index contributed by atoms with van der Waals surface area (Å²) in [6.07, 6.45) is 0. The first-order chi connectivity index (χ1) is 10.9. The lowest BCUT2D eigenvalue weighted by Gasteiger charge is -2.01. The molecule has 0 bridgehead atoms. The first-order valence-corrected chi connectivity index (χ1v) is 9.79. The Kier molecular flexibility index (Phi) is 4.34. The van der Waals surface area contributed by atoms with Gasteiger partial charge in [-0.25, -0.2) is 8.80 Å². The highest BCUT2D eigenvalue weighted by Gasteiger charge is 2.25. The fourth-order valence-electron chi connectivity index (χ4n) is 1.96. The van der Waals surface area contributed by atoms with Crippen LogP contribution in [0.4, 0.5) is 0 Å². The molecule has 22 heavy (non-hydrogen) atoms. The highest BCUT2D eigenvalue weighted by Crippen LogP contribution is 2.52. The van der Waals surface area contributed by atoms with Gasteiger partial charge in [-0.1, -0.05) is 84.2 Å². The summed E-state index contributed by atoms with van der Waals surface area (Å²) in [5.41, 5.74) is 2.35. The number of rotatable bonds is 2. The molecule has 6 heteroatoms. The molecule has 2 heterocycles. The molecule has 0 amide bonds. The van der Waals surface area contributed by atoms with Gasteiger partial charge in [0.25, 0.3) is 0 Å². The molecule has 0 spiro atoms. The van der Waals surface area contributed by atoms with Crippen LogP contribution in [-0.2, 0) is 0 Å². The Morgan fingerprint density at radius 1 is 0.545 bits per heavy atom. The van der Waals surface area contributed by atoms with Crippen molar-refractivity contribution in [1.82, 2.24) is 0 Å². The first-order valence-electron chi connectivity index (χ1n) is 6.61. The molecule has 0 saturated heterocycles. The van der Waals surface area contributed by atoms with E-state index in [0.29, 0.717) is 0 Å². The van der Waals surface area contributed by atoms with Gasteiger partial charge in [0.2, 0.25) is 0 Å². The number of benzene rings is 2. The molecule has 4 rings (SSSR count). The summed E-state index contributed by atoms with van der Waals surface area (Å²) in [6.45, 7) is 0. The van der Waals surface area contributed by atoms with Crippen molar-refractivity contribution >= 4 is 57.5 Å². The monoisotopic (exact) mass is 358 g/mol. The molecular formula is C16H10N2S4. The molecule has 0 aliphatic carbocycles. The van der Waals surface area contributed by atoms with Crippen molar-refractivity contribution in [2.45, 2.75) is 0 Å². The quantitative estimate of drug-likeness (QED) is 0.634. The Morgan fingerprint density at radius 3 is 1.36 bits per heavy atom. The minimum atomic E-state index is 1.07. The Bertz CT molecular complexity index is 715. The zero-order chi connectivity index (χ0) is 14.8. The van der Waals surface area contributed by atoms with Gasteiger partial charge in [0.15, 0.2) is 0 Å². The highest BCUT2D eigenvalue weighted by atomic mass is 32.2. The fourth-order valence-corrected chi connectivity index (χ4v) is 6.14. The summed E-state index contributed by atoms with van der Waals surface area (Å²) in [6, 6.07) is 20.6. The second-order valence-electron chi connectivity index (χ2n) is 4.49. The molecule has 2 nitrogen and oxygen atoms in total. The summed E-state index contributed by atoms with van der Waals surface area (Å²) < 4.78 is 11.6. The minimum absolute atomic E-state index is 1.07. The molecular weight excluding hydrogens is 348 g/mol. The maximum absolute atomic E-state index is 4.59. The molecule has 0 saturated carbocycles. The standard InChI is InChI=1S/C16H10N2S4/c1-3-7-11(8-4-1)13-17-21-15(19-13)16-20-14(18-22-16)12-9-5-2-6-10-12/h1-10H/b16-15+. The summed E-state index contributed by atoms with van der Waals surface area (Å²) in [5.74, 6) is 0. The van der Waals surface area contributed by atoms with E-state index in [9.17, 15) is 0 Å². The van der Waals surface area contributed by atoms with Gasteiger partial charge in [-0.15, -0.1) is 0 Å². The maximum atomic E-state index is 4.59. The summed E-state index contributed by atoms with van der Waals surface area (Å²) >= 11 is 6.58. The number of hydrogen-bond donors (Lipinski definition) is 0. The average Bonchev–Trinajstić information content (AvgIpc) is 3.26. The Labute approximate surface area is 146 Å². The van der Waals surface area contributed by atoms with E-state index in [0.717, 1.165) is 10.1 Å². The zero-order valence-corrected chi connectivity index (χ0v) is 14.6. The van der Waals surface area contributed by atoms with Gasteiger partial charge in [0.1, 0.15) is 10.1 Å². The second-order valence-corrected chi connectivity index (χ2v) is 8.55. The highest BCUT2D eigenvalue weighted by molar-refractivity contribution is 8.38. The van der Waals surface area contributed by atoms with Gasteiger partial charge in [-0.3, -0.25) is 0 Å². The summed E-state index contributed by atoms with van der Waals surface area (Å²) in [7, 11) is 0. The van der Waals surface area contributed by atoms with Crippen LogP contribution in [0, 0.1) is 0 Å². The van der Waals surface area contributed by atoms with Crippen molar-refractivity contribution in [3.8, 4) is 0 Å². The molecule has 0 atom stereocenters. The molecule has 0 fully saturated rings. The van der Waals surface area contributed by atoms with E-state index in [-0.39, 0.29) is 0 Å². The van der Waals surface area contributed by atoms with Crippen LogP contribution < -0.4 is 0 Å². The van der Waals surface area contributed by atoms with E-state index in [1.165, 1.54) is 19.6 Å². The van der Waals surface area contributed by atoms with Crippen LogP contribution >= 0.6 is 47.4 Å². The van der Waals surface area contributed by atoms with Crippen molar-refractivity contribution < 1.29 is 0 Å². The van der Waals surface area contributed by atoms with E-state index in [1.54, 1.807) is 47.4 Å². The molecule has 2 aromatic rings. The van der Waals surface area contributed by atoms with E-state index < -0.39 is 0 Å². The third-order valence-electron chi connectivity index (χ3n) is 3.01. The Balaban J connectivity index is 1.50. The van der Waals surface area contributed by atoms with Crippen LogP contribution in [0.1, 0.15) is 11.1 Å². The third kappa shape index (κ3) is 3.01. The Hall–Kier alpha value is -1.08. The van der Waals surface area contributed by atoms with Gasteiger partial charge in [-0.2, -0.15) is 0 Å². The van der Waals surface area contributed by atoms with Crippen LogP contribution in [0.3, 0.4) is 0 Å². The molecule has 108 valence electrons. The molecule has 0 N–H and O–H groups in total. The van der Waals surface area contributed by atoms with Gasteiger partial charge in [-0.05, 0) is 0 Å². The number of thioether (sulfide) groups is 2. The largest absolute Gasteiger partial charge is 0.203 e. The van der Waals surface area contributed by atoms with Gasteiger partial charge >= 0.3 is 0 Å². The van der Waals surface area contributed by atoms with Crippen LogP contribution in [0.2, 0.25) is 0 Å². The van der Waals surface area contributed by atoms with E-state index >= 15 is 0 Å². The van der Waals surface area contributed by atoms with Gasteiger partial charge < -0.3 is 0 Å². The molecule has 0 radical (unpaired) electrons. The normalized spacial score (nSPS) is 20.9. The van der Waals surface area contributed by atoms with Crippen molar-refractivity contribution in [2.75, 3.05) is 0 Å². The predicted octanol–water partition coefficient (Wildman–Crippen LogP) is 5.80. The zero-order valence-electron chi connectivity index (χ0n) is 11.3. The molecule has 0 aromatic heterocycles. The molecule has 0 unspecified atom stereocenters. The van der Waals surface area contributed by atoms with Crippen molar-refractivity contribution in [1.29, 1.82) is 0 Å². The second kappa shape index (κ2) is 6.58. The average molecular weight is 359 g/mol. The van der Waals surface area contributed by atoms with Crippen LogP contribution in [0.25, 0.3) is 0 Å². The van der Waals surface area contributed by atoms with Crippen molar-refractivity contribution in [3.63, 3.8) is 0 Å². The van der Waals surface area contributed by atoms with Crippen LogP contribution in [-0.4, -0.2) is 10.1 Å². The van der Waals surface area contributed by atoms with Crippen LogP contribution in [0.15, 0.2) is 77.9 Å². The molecule has 2 aliphatic rings. The van der Waals surface area contributed by atoms with Crippen molar-refractivity contribution in [3.05, 3.63) is 80.3 Å². The van der Waals surface area contributed by atoms with Crippen LogP contribution in [0.5, 0.6) is 0 Å². The third-order valence-corrected chi connectivity index (χ3v) is 7.81. The smallest absolute Gasteiger partial charge is 0.117 e. The van der Waals surface area contributed by atoms with Gasteiger partial charge in [0, 0.05) is 35.0 Å². The van der Waals surface area contributed by atoms with E-state index in [4.69, 9.17) is 0 Å². The SMILES string of the molecule is c1ccc(C2=NS/C(=C3/SN=C(c4ccccc4)S3)S2)cc1. The molecule has 2 aromatic carbocycles. The maximum Gasteiger partial charge on any atom is 0.117 e. The predicted molar refractivity (Wildman–Crippen MR) is 103 cm³/mol. The molecule has 2 aliphatic heterocycles. The number of hydrogen-bond acceptors (Lipinski definition) is 6. The summed E-state index contributed by atoms with van der Waals surface area (Å²) in [4.78, 5) is 0. The lowest BCUT2D eigenvalue weighted by atomic mass is 10.2. The Morgan fingerprint density at radius 2 is 0.955 bits per heavy atom.